The predicted octanol–water partition coefficient (Wildman–Crippen LogP) is 2.11. The van der Waals surface area contributed by atoms with Gasteiger partial charge in [-0.3, -0.25) is 4.79 Å². The van der Waals surface area contributed by atoms with E-state index in [0.29, 0.717) is 12.2 Å². The molecule has 1 aromatic carbocycles. The fourth-order valence-corrected chi connectivity index (χ4v) is 1.68. The smallest absolute Gasteiger partial charge is 0.311 e. The van der Waals surface area contributed by atoms with Gasteiger partial charge in [0.1, 0.15) is 11.5 Å². The molecule has 0 aliphatic carbocycles. The summed E-state index contributed by atoms with van der Waals surface area (Å²) in [6.07, 6.45) is 0.384. The summed E-state index contributed by atoms with van der Waals surface area (Å²) in [7, 11) is 0. The highest BCUT2D eigenvalue weighted by Crippen LogP contribution is 2.37. The SMILES string of the molecule is Cc1cc2c(cc1O)[C@@H](C)CC(=O)O2. The molecule has 3 heteroatoms. The Kier molecular flexibility index (Phi) is 1.95. The van der Waals surface area contributed by atoms with Crippen LogP contribution in [0.25, 0.3) is 0 Å². The molecule has 2 rings (SSSR count). The molecular formula is C11H12O3. The van der Waals surface area contributed by atoms with E-state index < -0.39 is 0 Å². The van der Waals surface area contributed by atoms with Gasteiger partial charge in [-0.25, -0.2) is 0 Å². The number of hydrogen-bond acceptors (Lipinski definition) is 3. The van der Waals surface area contributed by atoms with Crippen LogP contribution in [0, 0.1) is 6.92 Å². The molecule has 0 spiro atoms. The molecule has 1 N–H and O–H groups in total. The summed E-state index contributed by atoms with van der Waals surface area (Å²) >= 11 is 0. The highest BCUT2D eigenvalue weighted by Gasteiger charge is 2.24. The topological polar surface area (TPSA) is 46.5 Å². The molecule has 14 heavy (non-hydrogen) atoms. The first-order valence-electron chi connectivity index (χ1n) is 4.62. The van der Waals surface area contributed by atoms with Gasteiger partial charge in [0.15, 0.2) is 0 Å². The second-order valence-corrected chi connectivity index (χ2v) is 3.76. The third-order valence-electron chi connectivity index (χ3n) is 2.56. The van der Waals surface area contributed by atoms with Gasteiger partial charge in [0.25, 0.3) is 0 Å². The minimum Gasteiger partial charge on any atom is -0.508 e. The van der Waals surface area contributed by atoms with Gasteiger partial charge >= 0.3 is 5.97 Å². The van der Waals surface area contributed by atoms with Crippen molar-refractivity contribution >= 4 is 5.97 Å². The molecule has 0 aromatic heterocycles. The van der Waals surface area contributed by atoms with E-state index in [1.807, 2.05) is 6.92 Å². The van der Waals surface area contributed by atoms with Crippen LogP contribution in [0.4, 0.5) is 0 Å². The molecule has 0 amide bonds. The maximum absolute atomic E-state index is 11.1. The van der Waals surface area contributed by atoms with Gasteiger partial charge in [0, 0.05) is 5.56 Å². The van der Waals surface area contributed by atoms with Crippen LogP contribution >= 0.6 is 0 Å². The fraction of sp³-hybridized carbons (Fsp3) is 0.364. The van der Waals surface area contributed by atoms with Crippen molar-refractivity contribution in [1.82, 2.24) is 0 Å². The molecule has 0 saturated heterocycles. The zero-order chi connectivity index (χ0) is 10.3. The first-order chi connectivity index (χ1) is 6.58. The Labute approximate surface area is 82.3 Å². The molecule has 0 bridgehead atoms. The van der Waals surface area contributed by atoms with E-state index in [1.54, 1.807) is 19.1 Å². The summed E-state index contributed by atoms with van der Waals surface area (Å²) < 4.78 is 5.09. The van der Waals surface area contributed by atoms with E-state index in [-0.39, 0.29) is 17.6 Å². The monoisotopic (exact) mass is 192 g/mol. The number of carbonyl (C=O) groups excluding carboxylic acids is 1. The molecule has 0 radical (unpaired) electrons. The molecule has 1 atom stereocenters. The van der Waals surface area contributed by atoms with Crippen molar-refractivity contribution in [3.8, 4) is 11.5 Å². The molecule has 0 unspecified atom stereocenters. The number of hydrogen-bond donors (Lipinski definition) is 1. The van der Waals surface area contributed by atoms with E-state index >= 15 is 0 Å². The quantitative estimate of drug-likeness (QED) is 0.506. The Hall–Kier alpha value is -1.51. The van der Waals surface area contributed by atoms with Crippen LogP contribution in [0.3, 0.4) is 0 Å². The molecule has 1 aliphatic rings. The van der Waals surface area contributed by atoms with Gasteiger partial charge in [-0.15, -0.1) is 0 Å². The molecule has 0 saturated carbocycles. The van der Waals surface area contributed by atoms with Crippen LogP contribution in [-0.2, 0) is 4.79 Å². The Morgan fingerprint density at radius 3 is 2.93 bits per heavy atom. The van der Waals surface area contributed by atoms with E-state index in [1.165, 1.54) is 0 Å². The lowest BCUT2D eigenvalue weighted by Crippen LogP contribution is -2.18. The first kappa shape index (κ1) is 9.06. The maximum atomic E-state index is 11.1. The van der Waals surface area contributed by atoms with Crippen molar-refractivity contribution in [2.75, 3.05) is 0 Å². The van der Waals surface area contributed by atoms with Crippen molar-refractivity contribution in [3.05, 3.63) is 23.3 Å². The largest absolute Gasteiger partial charge is 0.508 e. The van der Waals surface area contributed by atoms with Crippen molar-refractivity contribution in [2.45, 2.75) is 26.2 Å². The van der Waals surface area contributed by atoms with Crippen LogP contribution in [-0.4, -0.2) is 11.1 Å². The standard InChI is InChI=1S/C11H12O3/c1-6-4-11(13)14-10-3-7(2)9(12)5-8(6)10/h3,5-6,12H,4H2,1-2H3/t6-/m0/s1. The van der Waals surface area contributed by atoms with E-state index in [2.05, 4.69) is 0 Å². The highest BCUT2D eigenvalue weighted by molar-refractivity contribution is 5.76. The number of phenolic OH excluding ortho intramolecular Hbond substituents is 1. The molecule has 1 aliphatic heterocycles. The molecule has 3 nitrogen and oxygen atoms in total. The third kappa shape index (κ3) is 1.35. The molecule has 1 aromatic rings. The lowest BCUT2D eigenvalue weighted by Gasteiger charge is -2.22. The maximum Gasteiger partial charge on any atom is 0.311 e. The van der Waals surface area contributed by atoms with Gasteiger partial charge in [-0.2, -0.15) is 0 Å². The van der Waals surface area contributed by atoms with Crippen molar-refractivity contribution in [3.63, 3.8) is 0 Å². The minimum atomic E-state index is -0.199. The van der Waals surface area contributed by atoms with Crippen LogP contribution < -0.4 is 4.74 Å². The summed E-state index contributed by atoms with van der Waals surface area (Å²) in [6, 6.07) is 3.39. The lowest BCUT2D eigenvalue weighted by atomic mass is 9.93. The number of rotatable bonds is 0. The third-order valence-corrected chi connectivity index (χ3v) is 2.56. The van der Waals surface area contributed by atoms with Crippen molar-refractivity contribution in [1.29, 1.82) is 0 Å². The van der Waals surface area contributed by atoms with Gasteiger partial charge < -0.3 is 9.84 Å². The average molecular weight is 192 g/mol. The molecular weight excluding hydrogens is 180 g/mol. The van der Waals surface area contributed by atoms with Crippen LogP contribution in [0.2, 0.25) is 0 Å². The number of fused-ring (bicyclic) bond motifs is 1. The van der Waals surface area contributed by atoms with E-state index in [0.717, 1.165) is 11.1 Å². The first-order valence-corrected chi connectivity index (χ1v) is 4.62. The van der Waals surface area contributed by atoms with Crippen molar-refractivity contribution < 1.29 is 14.6 Å². The van der Waals surface area contributed by atoms with Crippen LogP contribution in [0.15, 0.2) is 12.1 Å². The van der Waals surface area contributed by atoms with Gasteiger partial charge in [-0.05, 0) is 30.5 Å². The molecule has 1 heterocycles. The highest BCUT2D eigenvalue weighted by atomic mass is 16.5. The summed E-state index contributed by atoms with van der Waals surface area (Å²) in [4.78, 5) is 11.1. The number of phenols is 1. The Bertz CT molecular complexity index is 396. The molecule has 74 valence electrons. The normalized spacial score (nSPS) is 20.1. The number of aromatic hydroxyl groups is 1. The lowest BCUT2D eigenvalue weighted by molar-refractivity contribution is -0.135. The summed E-state index contributed by atoms with van der Waals surface area (Å²) in [5.41, 5.74) is 1.64. The Morgan fingerprint density at radius 1 is 1.50 bits per heavy atom. The van der Waals surface area contributed by atoms with E-state index in [9.17, 15) is 9.90 Å². The molecule has 0 fully saturated rings. The average Bonchev–Trinajstić information content (AvgIpc) is 2.08. The van der Waals surface area contributed by atoms with Crippen molar-refractivity contribution in [2.24, 2.45) is 0 Å². The summed E-state index contributed by atoms with van der Waals surface area (Å²) in [6.45, 7) is 3.73. The fourth-order valence-electron chi connectivity index (χ4n) is 1.68. The summed E-state index contributed by atoms with van der Waals surface area (Å²) in [5.74, 6) is 0.769. The second kappa shape index (κ2) is 3.01. The minimum absolute atomic E-state index is 0.123. The number of aryl methyl sites for hydroxylation is 1. The number of benzene rings is 1. The Balaban J connectivity index is 2.54. The number of carbonyl (C=O) groups is 1. The zero-order valence-corrected chi connectivity index (χ0v) is 8.20. The number of esters is 1. The van der Waals surface area contributed by atoms with Gasteiger partial charge in [-0.1, -0.05) is 6.92 Å². The number of ether oxygens (including phenoxy) is 1. The second-order valence-electron chi connectivity index (χ2n) is 3.76. The van der Waals surface area contributed by atoms with Crippen LogP contribution in [0.1, 0.15) is 30.4 Å². The van der Waals surface area contributed by atoms with E-state index in [4.69, 9.17) is 4.74 Å². The predicted molar refractivity (Wildman–Crippen MR) is 51.5 cm³/mol. The Morgan fingerprint density at radius 2 is 2.21 bits per heavy atom. The van der Waals surface area contributed by atoms with Crippen LogP contribution in [0.5, 0.6) is 11.5 Å². The van der Waals surface area contributed by atoms with Gasteiger partial charge in [0.2, 0.25) is 0 Å². The van der Waals surface area contributed by atoms with Gasteiger partial charge in [0.05, 0.1) is 6.42 Å². The summed E-state index contributed by atoms with van der Waals surface area (Å²) in [5, 5.41) is 9.52. The zero-order valence-electron chi connectivity index (χ0n) is 8.20.